The molecule has 0 bridgehead atoms. The zero-order valence-corrected chi connectivity index (χ0v) is 11.6. The van der Waals surface area contributed by atoms with Gasteiger partial charge in [0.25, 0.3) is 0 Å². The normalized spacial score (nSPS) is 29.1. The van der Waals surface area contributed by atoms with E-state index >= 15 is 0 Å². The smallest absolute Gasteiger partial charge is 0.132 e. The quantitative estimate of drug-likeness (QED) is 0.795. The SMILES string of the molecule is Cc1cc(NC2CCC(C)C(C)C2)cnc1Cl. The lowest BCUT2D eigenvalue weighted by atomic mass is 9.79. The predicted molar refractivity (Wildman–Crippen MR) is 73.6 cm³/mol. The Bertz CT molecular complexity index is 392. The molecule has 3 unspecified atom stereocenters. The van der Waals surface area contributed by atoms with Crippen molar-refractivity contribution in [2.24, 2.45) is 11.8 Å². The number of rotatable bonds is 2. The molecule has 0 saturated heterocycles. The molecule has 1 aromatic heterocycles. The van der Waals surface area contributed by atoms with Crippen LogP contribution >= 0.6 is 11.6 Å². The molecule has 2 rings (SSSR count). The number of aryl methyl sites for hydroxylation is 1. The van der Waals surface area contributed by atoms with Crippen LogP contribution in [0.15, 0.2) is 12.3 Å². The second-order valence-electron chi connectivity index (χ2n) is 5.44. The van der Waals surface area contributed by atoms with Crippen LogP contribution in [-0.2, 0) is 0 Å². The fourth-order valence-corrected chi connectivity index (χ4v) is 2.65. The van der Waals surface area contributed by atoms with E-state index in [-0.39, 0.29) is 0 Å². The Labute approximate surface area is 109 Å². The van der Waals surface area contributed by atoms with E-state index < -0.39 is 0 Å². The highest BCUT2D eigenvalue weighted by Crippen LogP contribution is 2.31. The molecule has 2 nitrogen and oxygen atoms in total. The van der Waals surface area contributed by atoms with Gasteiger partial charge in [-0.1, -0.05) is 25.4 Å². The molecular formula is C14H21ClN2. The summed E-state index contributed by atoms with van der Waals surface area (Å²) < 4.78 is 0. The van der Waals surface area contributed by atoms with Crippen molar-refractivity contribution in [2.75, 3.05) is 5.32 Å². The number of aromatic nitrogens is 1. The van der Waals surface area contributed by atoms with Gasteiger partial charge >= 0.3 is 0 Å². The topological polar surface area (TPSA) is 24.9 Å². The van der Waals surface area contributed by atoms with Gasteiger partial charge in [0.15, 0.2) is 0 Å². The number of anilines is 1. The van der Waals surface area contributed by atoms with Crippen LogP contribution in [0.1, 0.15) is 38.7 Å². The Hall–Kier alpha value is -0.760. The summed E-state index contributed by atoms with van der Waals surface area (Å²) in [6, 6.07) is 2.67. The van der Waals surface area contributed by atoms with Gasteiger partial charge in [0.1, 0.15) is 5.15 Å². The molecule has 1 aliphatic carbocycles. The van der Waals surface area contributed by atoms with E-state index in [1.807, 2.05) is 13.1 Å². The minimum absolute atomic E-state index is 0.587. The minimum Gasteiger partial charge on any atom is -0.381 e. The average molecular weight is 253 g/mol. The van der Waals surface area contributed by atoms with Crippen molar-refractivity contribution in [1.82, 2.24) is 4.98 Å². The summed E-state index contributed by atoms with van der Waals surface area (Å²) in [5.74, 6) is 1.67. The molecule has 0 radical (unpaired) electrons. The lowest BCUT2D eigenvalue weighted by Gasteiger charge is -2.33. The summed E-state index contributed by atoms with van der Waals surface area (Å²) in [6.07, 6.45) is 5.66. The maximum absolute atomic E-state index is 5.93. The van der Waals surface area contributed by atoms with Gasteiger partial charge in [0.05, 0.1) is 11.9 Å². The highest BCUT2D eigenvalue weighted by atomic mass is 35.5. The Kier molecular flexibility index (Phi) is 3.93. The van der Waals surface area contributed by atoms with Gasteiger partial charge in [-0.15, -0.1) is 0 Å². The van der Waals surface area contributed by atoms with Crippen molar-refractivity contribution in [3.8, 4) is 0 Å². The van der Waals surface area contributed by atoms with Crippen molar-refractivity contribution in [3.05, 3.63) is 23.0 Å². The van der Waals surface area contributed by atoms with Crippen LogP contribution in [0.25, 0.3) is 0 Å². The second-order valence-corrected chi connectivity index (χ2v) is 5.80. The molecule has 94 valence electrons. The molecule has 1 saturated carbocycles. The van der Waals surface area contributed by atoms with Gasteiger partial charge in [0, 0.05) is 6.04 Å². The van der Waals surface area contributed by atoms with Gasteiger partial charge in [-0.05, 0) is 49.7 Å². The Balaban J connectivity index is 1.99. The molecule has 1 aromatic rings. The molecule has 0 aromatic carbocycles. The summed E-state index contributed by atoms with van der Waals surface area (Å²) in [7, 11) is 0. The molecular weight excluding hydrogens is 232 g/mol. The maximum Gasteiger partial charge on any atom is 0.132 e. The third kappa shape index (κ3) is 3.12. The number of nitrogens with one attached hydrogen (secondary N) is 1. The zero-order chi connectivity index (χ0) is 12.4. The fourth-order valence-electron chi connectivity index (χ4n) is 2.55. The third-order valence-electron chi connectivity index (χ3n) is 3.98. The molecule has 0 aliphatic heterocycles. The molecule has 0 amide bonds. The molecule has 1 aliphatic rings. The number of pyridine rings is 1. The standard InChI is InChI=1S/C14H21ClN2/c1-9-4-5-12(6-10(9)2)17-13-7-11(3)14(15)16-8-13/h7-10,12,17H,4-6H2,1-3H3. The van der Waals surface area contributed by atoms with Crippen molar-refractivity contribution < 1.29 is 0 Å². The van der Waals surface area contributed by atoms with Crippen LogP contribution in [0, 0.1) is 18.8 Å². The molecule has 17 heavy (non-hydrogen) atoms. The van der Waals surface area contributed by atoms with E-state index in [2.05, 4.69) is 30.2 Å². The molecule has 1 heterocycles. The maximum atomic E-state index is 5.93. The van der Waals surface area contributed by atoms with Gasteiger partial charge in [-0.25, -0.2) is 4.98 Å². The lowest BCUT2D eigenvalue weighted by Crippen LogP contribution is -2.30. The van der Waals surface area contributed by atoms with Crippen LogP contribution in [0.3, 0.4) is 0 Å². The summed E-state index contributed by atoms with van der Waals surface area (Å²) in [6.45, 7) is 6.70. The number of halogens is 1. The first kappa shape index (κ1) is 12.7. The van der Waals surface area contributed by atoms with E-state index in [0.29, 0.717) is 11.2 Å². The van der Waals surface area contributed by atoms with Gasteiger partial charge < -0.3 is 5.32 Å². The van der Waals surface area contributed by atoms with Crippen LogP contribution in [0.4, 0.5) is 5.69 Å². The Morgan fingerprint density at radius 1 is 1.29 bits per heavy atom. The summed E-state index contributed by atoms with van der Waals surface area (Å²) in [4.78, 5) is 4.18. The zero-order valence-electron chi connectivity index (χ0n) is 10.8. The van der Waals surface area contributed by atoms with Crippen molar-refractivity contribution in [1.29, 1.82) is 0 Å². The van der Waals surface area contributed by atoms with E-state index in [9.17, 15) is 0 Å². The van der Waals surface area contributed by atoms with E-state index in [1.54, 1.807) is 0 Å². The van der Waals surface area contributed by atoms with Gasteiger partial charge in [-0.2, -0.15) is 0 Å². The van der Waals surface area contributed by atoms with Gasteiger partial charge in [-0.3, -0.25) is 0 Å². The van der Waals surface area contributed by atoms with E-state index in [1.165, 1.54) is 19.3 Å². The third-order valence-corrected chi connectivity index (χ3v) is 4.38. The number of nitrogens with zero attached hydrogens (tertiary/aromatic N) is 1. The molecule has 1 N–H and O–H groups in total. The van der Waals surface area contributed by atoms with Crippen LogP contribution in [-0.4, -0.2) is 11.0 Å². The largest absolute Gasteiger partial charge is 0.381 e. The minimum atomic E-state index is 0.587. The van der Waals surface area contributed by atoms with Crippen molar-refractivity contribution in [2.45, 2.75) is 46.1 Å². The van der Waals surface area contributed by atoms with Crippen LogP contribution in [0.2, 0.25) is 5.15 Å². The predicted octanol–water partition coefficient (Wildman–Crippen LogP) is 4.28. The monoisotopic (exact) mass is 252 g/mol. The summed E-state index contributed by atoms with van der Waals surface area (Å²) in [5.41, 5.74) is 2.13. The summed E-state index contributed by atoms with van der Waals surface area (Å²) in [5, 5.41) is 4.18. The molecule has 1 fully saturated rings. The highest BCUT2D eigenvalue weighted by Gasteiger charge is 2.24. The number of hydrogen-bond donors (Lipinski definition) is 1. The molecule has 0 spiro atoms. The highest BCUT2D eigenvalue weighted by molar-refractivity contribution is 6.30. The van der Waals surface area contributed by atoms with E-state index in [4.69, 9.17) is 11.6 Å². The second kappa shape index (κ2) is 5.26. The Morgan fingerprint density at radius 3 is 2.71 bits per heavy atom. The van der Waals surface area contributed by atoms with Crippen LogP contribution < -0.4 is 5.32 Å². The van der Waals surface area contributed by atoms with E-state index in [0.717, 1.165) is 23.1 Å². The first-order valence-electron chi connectivity index (χ1n) is 6.45. The van der Waals surface area contributed by atoms with Crippen LogP contribution in [0.5, 0.6) is 0 Å². The first-order valence-corrected chi connectivity index (χ1v) is 6.82. The molecule has 3 heteroatoms. The Morgan fingerprint density at radius 2 is 2.06 bits per heavy atom. The van der Waals surface area contributed by atoms with Crippen molar-refractivity contribution in [3.63, 3.8) is 0 Å². The van der Waals surface area contributed by atoms with Gasteiger partial charge in [0.2, 0.25) is 0 Å². The average Bonchev–Trinajstić information content (AvgIpc) is 2.29. The molecule has 3 atom stereocenters. The lowest BCUT2D eigenvalue weighted by molar-refractivity contribution is 0.261. The van der Waals surface area contributed by atoms with Crippen molar-refractivity contribution >= 4 is 17.3 Å². The fraction of sp³-hybridized carbons (Fsp3) is 0.643. The summed E-state index contributed by atoms with van der Waals surface area (Å²) >= 11 is 5.93. The number of hydrogen-bond acceptors (Lipinski definition) is 2. The first-order chi connectivity index (χ1) is 8.06.